The molecule has 0 aliphatic rings. The van der Waals surface area contributed by atoms with Gasteiger partial charge in [0, 0.05) is 16.9 Å². The highest BCUT2D eigenvalue weighted by Crippen LogP contribution is 2.29. The Kier molecular flexibility index (Phi) is 5.50. The second-order valence-electron chi connectivity index (χ2n) is 5.50. The standard InChI is InChI=1S/C14H13BrFN3O6S2/c1-26(22,23)12-11(18-10-4-3-7(15)5-9(10)16)8(13(17)20)6-19(14(12)21)27(2,24)25/h3-6,18H,1-2H3,(H2,17,20). The van der Waals surface area contributed by atoms with Crippen molar-refractivity contribution in [3.63, 3.8) is 0 Å². The van der Waals surface area contributed by atoms with Crippen LogP contribution in [0, 0.1) is 5.82 Å². The molecular weight excluding hydrogens is 469 g/mol. The summed E-state index contributed by atoms with van der Waals surface area (Å²) < 4.78 is 62.5. The summed E-state index contributed by atoms with van der Waals surface area (Å²) in [5.41, 5.74) is 2.29. The van der Waals surface area contributed by atoms with Crippen molar-refractivity contribution >= 4 is 53.1 Å². The molecule has 3 N–H and O–H groups in total. The van der Waals surface area contributed by atoms with Crippen molar-refractivity contribution < 1.29 is 26.0 Å². The van der Waals surface area contributed by atoms with Crippen LogP contribution in [0.2, 0.25) is 0 Å². The zero-order valence-corrected chi connectivity index (χ0v) is 17.1. The van der Waals surface area contributed by atoms with Gasteiger partial charge < -0.3 is 11.1 Å². The first-order chi connectivity index (χ1) is 12.2. The first kappa shape index (κ1) is 21.1. The van der Waals surface area contributed by atoms with Gasteiger partial charge in [-0.05, 0) is 18.2 Å². The smallest absolute Gasteiger partial charge is 0.285 e. The van der Waals surface area contributed by atoms with Crippen LogP contribution in [0.4, 0.5) is 15.8 Å². The van der Waals surface area contributed by atoms with E-state index in [1.807, 2.05) is 0 Å². The molecule has 0 aliphatic carbocycles. The number of hydrogen-bond donors (Lipinski definition) is 2. The van der Waals surface area contributed by atoms with Gasteiger partial charge in [0.2, 0.25) is 10.0 Å². The van der Waals surface area contributed by atoms with Crippen molar-refractivity contribution in [1.29, 1.82) is 0 Å². The number of primary amides is 1. The number of amides is 1. The van der Waals surface area contributed by atoms with Gasteiger partial charge in [0.25, 0.3) is 11.5 Å². The van der Waals surface area contributed by atoms with E-state index in [-0.39, 0.29) is 9.66 Å². The molecule has 0 unspecified atom stereocenters. The van der Waals surface area contributed by atoms with E-state index in [9.17, 15) is 30.8 Å². The lowest BCUT2D eigenvalue weighted by Crippen LogP contribution is -2.33. The molecule has 146 valence electrons. The second kappa shape index (κ2) is 7.05. The average Bonchev–Trinajstić information content (AvgIpc) is 2.47. The molecule has 0 saturated heterocycles. The fraction of sp³-hybridized carbons (Fsp3) is 0.143. The maximum Gasteiger partial charge on any atom is 0.285 e. The number of nitrogens with zero attached hydrogens (tertiary/aromatic N) is 1. The summed E-state index contributed by atoms with van der Waals surface area (Å²) in [5.74, 6) is -2.05. The van der Waals surface area contributed by atoms with Crippen LogP contribution in [-0.2, 0) is 19.9 Å². The zero-order valence-electron chi connectivity index (χ0n) is 13.9. The molecule has 0 aliphatic heterocycles. The van der Waals surface area contributed by atoms with Gasteiger partial charge in [-0.3, -0.25) is 9.59 Å². The average molecular weight is 482 g/mol. The Hall–Kier alpha value is -2.25. The van der Waals surface area contributed by atoms with Gasteiger partial charge >= 0.3 is 0 Å². The van der Waals surface area contributed by atoms with E-state index in [1.54, 1.807) is 0 Å². The third-order valence-electron chi connectivity index (χ3n) is 3.32. The summed E-state index contributed by atoms with van der Waals surface area (Å²) in [4.78, 5) is 23.3. The molecule has 1 heterocycles. The molecule has 0 saturated carbocycles. The van der Waals surface area contributed by atoms with Crippen molar-refractivity contribution in [2.75, 3.05) is 17.8 Å². The third kappa shape index (κ3) is 4.36. The summed E-state index contributed by atoms with van der Waals surface area (Å²) in [6, 6.07) is 3.70. The first-order valence-electron chi connectivity index (χ1n) is 6.95. The monoisotopic (exact) mass is 481 g/mol. The van der Waals surface area contributed by atoms with E-state index in [2.05, 4.69) is 21.2 Å². The lowest BCUT2D eigenvalue weighted by atomic mass is 10.2. The molecule has 2 aromatic rings. The van der Waals surface area contributed by atoms with E-state index in [0.29, 0.717) is 23.2 Å². The minimum Gasteiger partial charge on any atom is -0.365 e. The normalized spacial score (nSPS) is 12.0. The predicted molar refractivity (Wildman–Crippen MR) is 100.0 cm³/mol. The topological polar surface area (TPSA) is 145 Å². The van der Waals surface area contributed by atoms with Crippen molar-refractivity contribution in [3.05, 3.63) is 50.6 Å². The lowest BCUT2D eigenvalue weighted by Gasteiger charge is -2.16. The van der Waals surface area contributed by atoms with Gasteiger partial charge in [-0.15, -0.1) is 0 Å². The molecule has 1 amide bonds. The molecule has 1 aromatic carbocycles. The molecule has 0 bridgehead atoms. The highest BCUT2D eigenvalue weighted by molar-refractivity contribution is 9.10. The van der Waals surface area contributed by atoms with Gasteiger partial charge in [0.1, 0.15) is 5.82 Å². The highest BCUT2D eigenvalue weighted by atomic mass is 79.9. The second-order valence-corrected chi connectivity index (χ2v) is 10.2. The predicted octanol–water partition coefficient (Wildman–Crippen LogP) is 0.804. The Bertz CT molecular complexity index is 1220. The number of halogens is 2. The SMILES string of the molecule is CS(=O)(=O)c1c(Nc2ccc(Br)cc2F)c(C(N)=O)cn(S(C)(=O)=O)c1=O. The minimum absolute atomic E-state index is 0.0899. The molecule has 2 rings (SSSR count). The van der Waals surface area contributed by atoms with Crippen molar-refractivity contribution in [1.82, 2.24) is 3.97 Å². The molecule has 0 atom stereocenters. The van der Waals surface area contributed by atoms with Gasteiger partial charge in [-0.25, -0.2) is 25.2 Å². The number of pyridine rings is 1. The van der Waals surface area contributed by atoms with Crippen LogP contribution in [-0.4, -0.2) is 39.2 Å². The molecule has 0 radical (unpaired) electrons. The van der Waals surface area contributed by atoms with Crippen LogP contribution in [0.5, 0.6) is 0 Å². The quantitative estimate of drug-likeness (QED) is 0.641. The molecular formula is C14H13BrFN3O6S2. The highest BCUT2D eigenvalue weighted by Gasteiger charge is 2.28. The fourth-order valence-corrected chi connectivity index (χ4v) is 4.22. The number of carbonyl (C=O) groups excluding carboxylic acids is 1. The summed E-state index contributed by atoms with van der Waals surface area (Å²) in [7, 11) is -8.60. The fourth-order valence-electron chi connectivity index (χ4n) is 2.20. The Morgan fingerprint density at radius 2 is 1.81 bits per heavy atom. The van der Waals surface area contributed by atoms with Crippen LogP contribution in [0.1, 0.15) is 10.4 Å². The number of hydrogen-bond acceptors (Lipinski definition) is 7. The minimum atomic E-state index is -4.34. The Balaban J connectivity index is 2.96. The number of aromatic nitrogens is 1. The van der Waals surface area contributed by atoms with Crippen LogP contribution in [0.15, 0.2) is 38.6 Å². The zero-order chi connectivity index (χ0) is 20.7. The maximum atomic E-state index is 14.1. The molecule has 27 heavy (non-hydrogen) atoms. The summed E-state index contributed by atoms with van der Waals surface area (Å²) in [6.45, 7) is 0. The van der Waals surface area contributed by atoms with Crippen molar-refractivity contribution in [2.45, 2.75) is 4.90 Å². The lowest BCUT2D eigenvalue weighted by molar-refractivity contribution is 0.100. The molecule has 13 heteroatoms. The number of carbonyl (C=O) groups is 1. The third-order valence-corrected chi connectivity index (χ3v) is 5.92. The Labute approximate surface area is 162 Å². The summed E-state index contributed by atoms with van der Waals surface area (Å²) in [5, 5.41) is 2.36. The van der Waals surface area contributed by atoms with Crippen molar-refractivity contribution in [2.24, 2.45) is 5.73 Å². The number of nitrogens with one attached hydrogen (secondary N) is 1. The first-order valence-corrected chi connectivity index (χ1v) is 11.5. The van der Waals surface area contributed by atoms with Crippen LogP contribution < -0.4 is 16.6 Å². The molecule has 1 aromatic heterocycles. The molecule has 0 spiro atoms. The Morgan fingerprint density at radius 1 is 1.22 bits per heavy atom. The van der Waals surface area contributed by atoms with E-state index < -0.39 is 53.3 Å². The van der Waals surface area contributed by atoms with Crippen LogP contribution >= 0.6 is 15.9 Å². The largest absolute Gasteiger partial charge is 0.365 e. The van der Waals surface area contributed by atoms with Crippen LogP contribution in [0.25, 0.3) is 0 Å². The van der Waals surface area contributed by atoms with E-state index in [0.717, 1.165) is 6.07 Å². The number of sulfone groups is 1. The summed E-state index contributed by atoms with van der Waals surface area (Å²) in [6.07, 6.45) is 1.88. The van der Waals surface area contributed by atoms with Crippen LogP contribution in [0.3, 0.4) is 0 Å². The maximum absolute atomic E-state index is 14.1. The van der Waals surface area contributed by atoms with Gasteiger partial charge in [0.15, 0.2) is 14.7 Å². The van der Waals surface area contributed by atoms with Gasteiger partial charge in [-0.2, -0.15) is 0 Å². The van der Waals surface area contributed by atoms with E-state index in [4.69, 9.17) is 5.73 Å². The van der Waals surface area contributed by atoms with Crippen molar-refractivity contribution in [3.8, 4) is 0 Å². The summed E-state index contributed by atoms with van der Waals surface area (Å²) >= 11 is 3.05. The van der Waals surface area contributed by atoms with E-state index in [1.165, 1.54) is 12.1 Å². The van der Waals surface area contributed by atoms with Gasteiger partial charge in [-0.1, -0.05) is 15.9 Å². The molecule has 0 fully saturated rings. The number of benzene rings is 1. The molecule has 9 nitrogen and oxygen atoms in total. The van der Waals surface area contributed by atoms with E-state index >= 15 is 0 Å². The number of anilines is 2. The van der Waals surface area contributed by atoms with Gasteiger partial charge in [0.05, 0.1) is 23.2 Å². The number of rotatable bonds is 5. The number of nitrogens with two attached hydrogens (primary N) is 1. The Morgan fingerprint density at radius 3 is 2.26 bits per heavy atom.